The Labute approximate surface area is 219 Å². The fraction of sp³-hybridized carbons (Fsp3) is 0.316. The fourth-order valence-corrected chi connectivity index (χ4v) is 5.70. The SMILES string of the molecule is NC(C(=O)NC1C(=O)N2C(C(=O)[O-])=C(CSc3cn[nH]n3)CS[C@@H]12)c1ccc(CO)cc1.[Na+]. The van der Waals surface area contributed by atoms with Crippen LogP contribution in [0.25, 0.3) is 0 Å². The monoisotopic (exact) mass is 498 g/mol. The van der Waals surface area contributed by atoms with E-state index in [1.165, 1.54) is 29.7 Å². The van der Waals surface area contributed by atoms with Crippen LogP contribution in [0.15, 0.2) is 46.8 Å². The first kappa shape index (κ1) is 25.7. The molecule has 14 heteroatoms. The number of hydrogen-bond donors (Lipinski definition) is 4. The third-order valence-corrected chi connectivity index (χ3v) is 7.45. The van der Waals surface area contributed by atoms with E-state index in [-0.39, 0.29) is 41.9 Å². The Morgan fingerprint density at radius 1 is 1.39 bits per heavy atom. The third kappa shape index (κ3) is 5.29. The Bertz CT molecular complexity index is 1070. The Kier molecular flexibility index (Phi) is 8.61. The zero-order chi connectivity index (χ0) is 22.8. The van der Waals surface area contributed by atoms with Crippen LogP contribution < -0.4 is 45.7 Å². The molecule has 5 N–H and O–H groups in total. The molecule has 11 nitrogen and oxygen atoms in total. The van der Waals surface area contributed by atoms with Crippen LogP contribution in [0.2, 0.25) is 0 Å². The molecule has 3 heterocycles. The van der Waals surface area contributed by atoms with Gasteiger partial charge in [-0.1, -0.05) is 36.0 Å². The number of nitrogens with two attached hydrogens (primary N) is 1. The second kappa shape index (κ2) is 11.0. The first-order chi connectivity index (χ1) is 15.4. The number of H-pyrrole nitrogens is 1. The number of fused-ring (bicyclic) bond motifs is 1. The Balaban J connectivity index is 0.00000306. The largest absolute Gasteiger partial charge is 1.00 e. The van der Waals surface area contributed by atoms with Gasteiger partial charge in [-0.3, -0.25) is 14.5 Å². The van der Waals surface area contributed by atoms with Gasteiger partial charge in [0.2, 0.25) is 5.91 Å². The maximum Gasteiger partial charge on any atom is 1.00 e. The van der Waals surface area contributed by atoms with Crippen LogP contribution in [0, 0.1) is 0 Å². The van der Waals surface area contributed by atoms with Crippen LogP contribution in [-0.2, 0) is 21.0 Å². The number of amides is 2. The van der Waals surface area contributed by atoms with Gasteiger partial charge in [0.25, 0.3) is 5.91 Å². The second-order valence-electron chi connectivity index (χ2n) is 7.11. The van der Waals surface area contributed by atoms with Crippen LogP contribution in [0.1, 0.15) is 17.2 Å². The molecule has 4 rings (SSSR count). The minimum absolute atomic E-state index is 0. The average molecular weight is 499 g/mol. The molecule has 168 valence electrons. The Morgan fingerprint density at radius 2 is 2.12 bits per heavy atom. The van der Waals surface area contributed by atoms with E-state index < -0.39 is 35.2 Å². The van der Waals surface area contributed by atoms with Crippen molar-refractivity contribution < 1.29 is 54.2 Å². The van der Waals surface area contributed by atoms with Gasteiger partial charge in [0, 0.05) is 11.5 Å². The summed E-state index contributed by atoms with van der Waals surface area (Å²) >= 11 is 2.65. The summed E-state index contributed by atoms with van der Waals surface area (Å²) in [4.78, 5) is 38.3. The number of carbonyl (C=O) groups excluding carboxylic acids is 3. The number of carbonyl (C=O) groups is 3. The van der Waals surface area contributed by atoms with Gasteiger partial charge in [-0.25, -0.2) is 0 Å². The number of thioether (sulfide) groups is 2. The molecule has 2 aliphatic heterocycles. The topological polar surface area (TPSA) is 177 Å². The molecule has 1 aromatic heterocycles. The molecule has 1 saturated heterocycles. The van der Waals surface area contributed by atoms with Crippen molar-refractivity contribution in [3.8, 4) is 0 Å². The van der Waals surface area contributed by atoms with E-state index in [0.717, 1.165) is 4.90 Å². The first-order valence-electron chi connectivity index (χ1n) is 9.53. The number of carboxylic acids is 1. The van der Waals surface area contributed by atoms with Crippen molar-refractivity contribution in [2.24, 2.45) is 5.73 Å². The zero-order valence-electron chi connectivity index (χ0n) is 17.6. The molecule has 2 aromatic rings. The van der Waals surface area contributed by atoms with Crippen molar-refractivity contribution >= 4 is 41.3 Å². The standard InChI is InChI=1S/C19H20N6O5S2.Na/c20-13(10-3-1-9(6-26)2-4-10)16(27)22-14-17(28)25-15(19(29)30)11(8-32-18(14)25)7-31-12-5-21-24-23-12;/h1-5,13-14,18,26H,6-8,20H2,(H,22,27)(H,29,30)(H,21,23,24);/q;+1/p-1/t13?,14?,18-;/m0./s1. The van der Waals surface area contributed by atoms with Gasteiger partial charge >= 0.3 is 29.6 Å². The van der Waals surface area contributed by atoms with E-state index >= 15 is 0 Å². The normalized spacial score (nSPS) is 20.4. The number of aromatic nitrogens is 3. The summed E-state index contributed by atoms with van der Waals surface area (Å²) in [5.74, 6) is -1.84. The van der Waals surface area contributed by atoms with Gasteiger partial charge in [-0.05, 0) is 16.7 Å². The second-order valence-corrected chi connectivity index (χ2v) is 9.21. The molecular formula is C19H19N6NaO5S2. The number of nitrogens with one attached hydrogen (secondary N) is 2. The van der Waals surface area contributed by atoms with Gasteiger partial charge in [0.05, 0.1) is 24.5 Å². The maximum absolute atomic E-state index is 12.7. The molecule has 1 fully saturated rings. The number of aliphatic hydroxyl groups is 1. The van der Waals surface area contributed by atoms with Gasteiger partial charge in [0.1, 0.15) is 22.5 Å². The Morgan fingerprint density at radius 3 is 2.73 bits per heavy atom. The average Bonchev–Trinajstić information content (AvgIpc) is 3.33. The number of aliphatic carboxylic acids is 1. The molecular weight excluding hydrogens is 479 g/mol. The number of nitrogens with zero attached hydrogens (tertiary/aromatic N) is 3. The number of rotatable bonds is 8. The minimum Gasteiger partial charge on any atom is -0.543 e. The van der Waals surface area contributed by atoms with Crippen LogP contribution in [0.4, 0.5) is 0 Å². The number of hydrogen-bond acceptors (Lipinski definition) is 10. The van der Waals surface area contributed by atoms with E-state index in [0.29, 0.717) is 33.2 Å². The summed E-state index contributed by atoms with van der Waals surface area (Å²) in [6.07, 6.45) is 1.52. The summed E-state index contributed by atoms with van der Waals surface area (Å²) in [5.41, 5.74) is 7.61. The predicted octanol–water partition coefficient (Wildman–Crippen LogP) is -4.50. The number of aromatic amines is 1. The molecule has 0 aliphatic carbocycles. The van der Waals surface area contributed by atoms with E-state index in [2.05, 4.69) is 20.7 Å². The van der Waals surface area contributed by atoms with E-state index in [1.54, 1.807) is 24.3 Å². The molecule has 2 amide bonds. The number of β-lactam (4-membered cyclic amide) rings is 1. The first-order valence-corrected chi connectivity index (χ1v) is 11.6. The summed E-state index contributed by atoms with van der Waals surface area (Å²) in [5, 5.41) is 33.7. The number of aliphatic hydroxyl groups excluding tert-OH is 1. The smallest absolute Gasteiger partial charge is 0.543 e. The van der Waals surface area contributed by atoms with Crippen molar-refractivity contribution in [2.75, 3.05) is 11.5 Å². The number of benzene rings is 1. The summed E-state index contributed by atoms with van der Waals surface area (Å²) in [7, 11) is 0. The summed E-state index contributed by atoms with van der Waals surface area (Å²) in [6, 6.07) is 4.69. The fourth-order valence-electron chi connectivity index (χ4n) is 3.43. The van der Waals surface area contributed by atoms with Crippen LogP contribution in [0.3, 0.4) is 0 Å². The molecule has 0 bridgehead atoms. The van der Waals surface area contributed by atoms with Gasteiger partial charge in [0.15, 0.2) is 0 Å². The van der Waals surface area contributed by atoms with Crippen molar-refractivity contribution in [2.45, 2.75) is 29.1 Å². The summed E-state index contributed by atoms with van der Waals surface area (Å²) in [6.45, 7) is -0.125. The van der Waals surface area contributed by atoms with Gasteiger partial charge < -0.3 is 26.1 Å². The minimum atomic E-state index is -1.44. The zero-order valence-corrected chi connectivity index (χ0v) is 21.2. The molecule has 2 aliphatic rings. The van der Waals surface area contributed by atoms with Gasteiger partial charge in [-0.15, -0.1) is 16.9 Å². The molecule has 33 heavy (non-hydrogen) atoms. The maximum atomic E-state index is 12.7. The molecule has 0 spiro atoms. The van der Waals surface area contributed by atoms with Crippen molar-refractivity contribution in [3.63, 3.8) is 0 Å². The van der Waals surface area contributed by atoms with Crippen molar-refractivity contribution in [3.05, 3.63) is 52.9 Å². The predicted molar refractivity (Wildman–Crippen MR) is 113 cm³/mol. The van der Waals surface area contributed by atoms with Crippen LogP contribution in [0.5, 0.6) is 0 Å². The quantitative estimate of drug-likeness (QED) is 0.158. The molecule has 3 atom stereocenters. The van der Waals surface area contributed by atoms with E-state index in [4.69, 9.17) is 10.8 Å². The van der Waals surface area contributed by atoms with E-state index in [1.807, 2.05) is 0 Å². The van der Waals surface area contributed by atoms with Crippen LogP contribution in [-0.4, -0.2) is 66.1 Å². The number of carboxylic acid groups (broad SMARTS) is 1. The van der Waals surface area contributed by atoms with Crippen molar-refractivity contribution in [1.82, 2.24) is 25.6 Å². The molecule has 0 saturated carbocycles. The molecule has 1 aromatic carbocycles. The van der Waals surface area contributed by atoms with Crippen LogP contribution >= 0.6 is 23.5 Å². The third-order valence-electron chi connectivity index (χ3n) is 5.13. The summed E-state index contributed by atoms with van der Waals surface area (Å²) < 4.78 is 0. The van der Waals surface area contributed by atoms with Crippen molar-refractivity contribution in [1.29, 1.82) is 0 Å². The van der Waals surface area contributed by atoms with E-state index in [9.17, 15) is 19.5 Å². The molecule has 2 unspecified atom stereocenters. The Hall–Kier alpha value is -1.87. The molecule has 0 radical (unpaired) electrons. The van der Waals surface area contributed by atoms with Gasteiger partial charge in [-0.2, -0.15) is 10.3 Å².